The largest absolute Gasteiger partial charge is 0.503 e. The van der Waals surface area contributed by atoms with Gasteiger partial charge in [0, 0.05) is 26.2 Å². The van der Waals surface area contributed by atoms with Gasteiger partial charge >= 0.3 is 0 Å². The predicted molar refractivity (Wildman–Crippen MR) is 142 cm³/mol. The van der Waals surface area contributed by atoms with E-state index >= 15 is 0 Å². The Labute approximate surface area is 220 Å². The fourth-order valence-electron chi connectivity index (χ4n) is 4.81. The minimum atomic E-state index is -0.688. The van der Waals surface area contributed by atoms with Crippen LogP contribution < -0.4 is 4.74 Å². The molecule has 2 aliphatic rings. The monoisotopic (exact) mass is 518 g/mol. The highest BCUT2D eigenvalue weighted by Crippen LogP contribution is 2.40. The molecular formula is C29H30N2O5S. The molecule has 3 aromatic rings. The van der Waals surface area contributed by atoms with E-state index in [2.05, 4.69) is 4.90 Å². The van der Waals surface area contributed by atoms with E-state index in [1.807, 2.05) is 60.0 Å². The first-order valence-electron chi connectivity index (χ1n) is 12.5. The molecule has 1 N–H and O–H groups in total. The van der Waals surface area contributed by atoms with Crippen LogP contribution in [-0.2, 0) is 16.1 Å². The first-order valence-corrected chi connectivity index (χ1v) is 13.4. The Morgan fingerprint density at radius 3 is 2.59 bits per heavy atom. The number of thiophene rings is 1. The summed E-state index contributed by atoms with van der Waals surface area (Å²) in [5.41, 5.74) is 1.90. The highest BCUT2D eigenvalue weighted by Gasteiger charge is 2.43. The van der Waals surface area contributed by atoms with Crippen LogP contribution in [0.2, 0.25) is 0 Å². The Balaban J connectivity index is 1.40. The number of aliphatic hydroxyl groups excluding tert-OH is 1. The van der Waals surface area contributed by atoms with Crippen LogP contribution >= 0.6 is 11.3 Å². The molecule has 3 heterocycles. The van der Waals surface area contributed by atoms with Gasteiger partial charge in [0.25, 0.3) is 5.91 Å². The number of hydrogen-bond donors (Lipinski definition) is 1. The van der Waals surface area contributed by atoms with Crippen molar-refractivity contribution >= 4 is 23.0 Å². The third-order valence-corrected chi connectivity index (χ3v) is 7.56. The molecule has 1 saturated heterocycles. The second-order valence-corrected chi connectivity index (χ2v) is 10.1. The number of ether oxygens (including phenoxy) is 2. The smallest absolute Gasteiger partial charge is 0.290 e. The number of carbonyl (C=O) groups is 2. The number of aliphatic hydroxyl groups is 1. The summed E-state index contributed by atoms with van der Waals surface area (Å²) < 4.78 is 11.5. The number of hydrogen-bond acceptors (Lipinski definition) is 7. The summed E-state index contributed by atoms with van der Waals surface area (Å²) in [6, 6.07) is 20.1. The van der Waals surface area contributed by atoms with Crippen molar-refractivity contribution in [2.45, 2.75) is 19.1 Å². The summed E-state index contributed by atoms with van der Waals surface area (Å²) in [4.78, 5) is 31.1. The number of nitrogens with zero attached hydrogens (tertiary/aromatic N) is 2. The lowest BCUT2D eigenvalue weighted by Gasteiger charge is -2.30. The van der Waals surface area contributed by atoms with Crippen molar-refractivity contribution in [3.8, 4) is 5.75 Å². The van der Waals surface area contributed by atoms with E-state index in [0.29, 0.717) is 37.0 Å². The minimum Gasteiger partial charge on any atom is -0.503 e. The van der Waals surface area contributed by atoms with Crippen LogP contribution in [-0.4, -0.2) is 66.0 Å². The molecule has 8 heteroatoms. The van der Waals surface area contributed by atoms with Gasteiger partial charge in [0.05, 0.1) is 29.7 Å². The summed E-state index contributed by atoms with van der Waals surface area (Å²) in [6.07, 6.45) is 0.722. The maximum atomic E-state index is 13.5. The van der Waals surface area contributed by atoms with Crippen molar-refractivity contribution in [2.75, 3.05) is 39.4 Å². The molecule has 0 bridgehead atoms. The molecule has 2 aliphatic heterocycles. The first kappa shape index (κ1) is 25.2. The Hall–Kier alpha value is -3.46. The second-order valence-electron chi connectivity index (χ2n) is 9.12. The third-order valence-electron chi connectivity index (χ3n) is 6.69. The summed E-state index contributed by atoms with van der Waals surface area (Å²) in [7, 11) is 0. The number of morpholine rings is 1. The molecule has 0 spiro atoms. The highest BCUT2D eigenvalue weighted by atomic mass is 32.1. The van der Waals surface area contributed by atoms with Crippen molar-refractivity contribution < 1.29 is 24.2 Å². The maximum Gasteiger partial charge on any atom is 0.290 e. The molecule has 0 aliphatic carbocycles. The van der Waals surface area contributed by atoms with E-state index < -0.39 is 17.7 Å². The fourth-order valence-corrected chi connectivity index (χ4v) is 5.49. The van der Waals surface area contributed by atoms with Crippen molar-refractivity contribution in [3.05, 3.63) is 99.4 Å². The molecule has 7 nitrogen and oxygen atoms in total. The number of benzene rings is 2. The first-order chi connectivity index (χ1) is 18.1. The van der Waals surface area contributed by atoms with Gasteiger partial charge in [0.1, 0.15) is 12.4 Å². The van der Waals surface area contributed by atoms with Gasteiger partial charge in [-0.25, -0.2) is 0 Å². The Morgan fingerprint density at radius 1 is 1.03 bits per heavy atom. The molecule has 5 rings (SSSR count). The lowest BCUT2D eigenvalue weighted by Crippen LogP contribution is -2.39. The van der Waals surface area contributed by atoms with Crippen LogP contribution in [0, 0.1) is 0 Å². The van der Waals surface area contributed by atoms with Gasteiger partial charge in [-0.1, -0.05) is 48.5 Å². The standard InChI is InChI=1S/C29H30N2O5S/c32-27(24-11-5-18-37-24)25-26(22-9-4-10-23(19-22)36-20-21-7-2-1-3-8-21)31(29(34)28(25)33)13-6-12-30-14-16-35-17-15-30/h1-5,7-11,18-19,26,33H,6,12-17,20H2. The zero-order valence-electron chi connectivity index (χ0n) is 20.5. The molecule has 2 aromatic carbocycles. The molecule has 1 aromatic heterocycles. The average Bonchev–Trinajstić information content (AvgIpc) is 3.56. The zero-order valence-corrected chi connectivity index (χ0v) is 21.4. The number of rotatable bonds is 10. The molecule has 192 valence electrons. The van der Waals surface area contributed by atoms with E-state index in [9.17, 15) is 14.7 Å². The van der Waals surface area contributed by atoms with Gasteiger partial charge in [-0.3, -0.25) is 14.5 Å². The SMILES string of the molecule is O=C(C1=C(O)C(=O)N(CCCN2CCOCC2)C1c1cccc(OCc2ccccc2)c1)c1cccs1. The minimum absolute atomic E-state index is 0.124. The number of ketones is 1. The number of carbonyl (C=O) groups excluding carboxylic acids is 2. The van der Waals surface area contributed by atoms with E-state index in [1.165, 1.54) is 11.3 Å². The highest BCUT2D eigenvalue weighted by molar-refractivity contribution is 7.12. The second kappa shape index (κ2) is 11.7. The molecule has 37 heavy (non-hydrogen) atoms. The van der Waals surface area contributed by atoms with Crippen molar-refractivity contribution in [1.29, 1.82) is 0 Å². The molecule has 0 radical (unpaired) electrons. The van der Waals surface area contributed by atoms with E-state index in [-0.39, 0.29) is 11.4 Å². The van der Waals surface area contributed by atoms with Crippen LogP contribution in [0.3, 0.4) is 0 Å². The number of Topliss-reactive ketones (excluding diaryl/α,β-unsaturated/α-hetero) is 1. The summed E-state index contributed by atoms with van der Waals surface area (Å²) in [5, 5.41) is 12.7. The normalized spacial score (nSPS) is 18.4. The molecule has 1 fully saturated rings. The third kappa shape index (κ3) is 5.77. The maximum absolute atomic E-state index is 13.5. The average molecular weight is 519 g/mol. The molecule has 1 unspecified atom stereocenters. The summed E-state index contributed by atoms with van der Waals surface area (Å²) in [5.74, 6) is -0.665. The van der Waals surface area contributed by atoms with Crippen LogP contribution in [0.1, 0.15) is 33.3 Å². The number of amides is 1. The predicted octanol–water partition coefficient (Wildman–Crippen LogP) is 4.63. The van der Waals surface area contributed by atoms with E-state index in [0.717, 1.165) is 37.2 Å². The van der Waals surface area contributed by atoms with Crippen LogP contribution in [0.5, 0.6) is 5.75 Å². The molecule has 1 atom stereocenters. The van der Waals surface area contributed by atoms with Gasteiger partial charge in [-0.2, -0.15) is 0 Å². The van der Waals surface area contributed by atoms with Crippen LogP contribution in [0.4, 0.5) is 0 Å². The van der Waals surface area contributed by atoms with Crippen molar-refractivity contribution in [1.82, 2.24) is 9.80 Å². The van der Waals surface area contributed by atoms with Crippen molar-refractivity contribution in [2.24, 2.45) is 0 Å². The van der Waals surface area contributed by atoms with Gasteiger partial charge in [0.15, 0.2) is 5.76 Å². The zero-order chi connectivity index (χ0) is 25.6. The Bertz CT molecular complexity index is 1250. The van der Waals surface area contributed by atoms with Gasteiger partial charge in [-0.05, 0) is 41.1 Å². The van der Waals surface area contributed by atoms with Crippen LogP contribution in [0.25, 0.3) is 0 Å². The summed E-state index contributed by atoms with van der Waals surface area (Å²) >= 11 is 1.30. The molecular weight excluding hydrogens is 488 g/mol. The molecule has 0 saturated carbocycles. The Kier molecular flexibility index (Phi) is 7.99. The van der Waals surface area contributed by atoms with Gasteiger partial charge in [-0.15, -0.1) is 11.3 Å². The topological polar surface area (TPSA) is 79.3 Å². The van der Waals surface area contributed by atoms with E-state index in [1.54, 1.807) is 17.0 Å². The quantitative estimate of drug-likeness (QED) is 0.395. The van der Waals surface area contributed by atoms with Gasteiger partial charge in [0.2, 0.25) is 5.78 Å². The lowest BCUT2D eigenvalue weighted by atomic mass is 9.95. The van der Waals surface area contributed by atoms with Gasteiger partial charge < -0.3 is 19.5 Å². The van der Waals surface area contributed by atoms with Crippen LogP contribution in [0.15, 0.2) is 83.4 Å². The summed E-state index contributed by atoms with van der Waals surface area (Å²) in [6.45, 7) is 4.79. The van der Waals surface area contributed by atoms with E-state index in [4.69, 9.17) is 9.47 Å². The lowest BCUT2D eigenvalue weighted by molar-refractivity contribution is -0.129. The molecule has 1 amide bonds. The Morgan fingerprint density at radius 2 is 1.84 bits per heavy atom. The van der Waals surface area contributed by atoms with Crippen molar-refractivity contribution in [3.63, 3.8) is 0 Å². The fraction of sp³-hybridized carbons (Fsp3) is 0.310.